The van der Waals surface area contributed by atoms with Gasteiger partial charge in [-0.1, -0.05) is 18.2 Å². The topological polar surface area (TPSA) is 67.4 Å². The molecule has 0 atom stereocenters. The molecule has 0 radical (unpaired) electrons. The summed E-state index contributed by atoms with van der Waals surface area (Å²) >= 11 is 0. The van der Waals surface area contributed by atoms with Crippen molar-refractivity contribution in [3.05, 3.63) is 29.8 Å². The summed E-state index contributed by atoms with van der Waals surface area (Å²) in [6.07, 6.45) is 0. The van der Waals surface area contributed by atoms with E-state index >= 15 is 0 Å². The lowest BCUT2D eigenvalue weighted by atomic mass is 9.89. The number of ether oxygens (including phenoxy) is 1. The number of carbonyl (C=O) groups excluding carboxylic acids is 2. The molecular formula is C17H26N2O3. The molecule has 122 valence electrons. The number of para-hydroxylation sites is 1. The molecule has 1 aromatic carbocycles. The van der Waals surface area contributed by atoms with Crippen LogP contribution in [0.5, 0.6) is 5.75 Å². The lowest BCUT2D eigenvalue weighted by Gasteiger charge is -2.28. The maximum Gasteiger partial charge on any atom is 0.235 e. The average Bonchev–Trinajstić information content (AvgIpc) is 2.43. The smallest absolute Gasteiger partial charge is 0.235 e. The summed E-state index contributed by atoms with van der Waals surface area (Å²) in [7, 11) is 1.58. The third-order valence-corrected chi connectivity index (χ3v) is 3.26. The first kappa shape index (κ1) is 18.0. The SMILES string of the molecule is COc1ccccc1CNC(=O)C(C)(C)C(=O)NC(C)(C)C. The normalized spacial score (nSPS) is 11.7. The van der Waals surface area contributed by atoms with Gasteiger partial charge in [0.25, 0.3) is 0 Å². The van der Waals surface area contributed by atoms with Crippen molar-refractivity contribution in [3.63, 3.8) is 0 Å². The molecule has 0 spiro atoms. The zero-order valence-corrected chi connectivity index (χ0v) is 14.2. The Hall–Kier alpha value is -2.04. The lowest BCUT2D eigenvalue weighted by Crippen LogP contribution is -2.52. The van der Waals surface area contributed by atoms with Gasteiger partial charge in [0.2, 0.25) is 11.8 Å². The summed E-state index contributed by atoms with van der Waals surface area (Å²) < 4.78 is 5.25. The van der Waals surface area contributed by atoms with Crippen LogP contribution in [0.25, 0.3) is 0 Å². The van der Waals surface area contributed by atoms with Gasteiger partial charge in [-0.15, -0.1) is 0 Å². The number of hydrogen-bond acceptors (Lipinski definition) is 3. The lowest BCUT2D eigenvalue weighted by molar-refractivity contribution is -0.142. The van der Waals surface area contributed by atoms with Crippen LogP contribution in [0.1, 0.15) is 40.2 Å². The van der Waals surface area contributed by atoms with Gasteiger partial charge in [-0.05, 0) is 40.7 Å². The summed E-state index contributed by atoms with van der Waals surface area (Å²) in [6, 6.07) is 7.45. The van der Waals surface area contributed by atoms with Crippen molar-refractivity contribution in [1.29, 1.82) is 0 Å². The fourth-order valence-corrected chi connectivity index (χ4v) is 1.85. The third kappa shape index (κ3) is 4.76. The van der Waals surface area contributed by atoms with E-state index in [0.29, 0.717) is 12.3 Å². The Labute approximate surface area is 132 Å². The first-order valence-electron chi connectivity index (χ1n) is 7.31. The molecule has 0 saturated carbocycles. The van der Waals surface area contributed by atoms with Gasteiger partial charge in [0, 0.05) is 17.6 Å². The molecule has 0 aliphatic carbocycles. The van der Waals surface area contributed by atoms with E-state index < -0.39 is 5.41 Å². The standard InChI is InChI=1S/C17H26N2O3/c1-16(2,3)19-15(21)17(4,5)14(20)18-11-12-9-7-8-10-13(12)22-6/h7-10H,11H2,1-6H3,(H,18,20)(H,19,21). The number of amides is 2. The molecule has 0 saturated heterocycles. The minimum Gasteiger partial charge on any atom is -0.496 e. The Morgan fingerprint density at radius 3 is 2.18 bits per heavy atom. The molecule has 0 heterocycles. The second-order valence-electron chi connectivity index (χ2n) is 6.82. The number of nitrogens with one attached hydrogen (secondary N) is 2. The molecule has 2 amide bonds. The maximum atomic E-state index is 12.4. The van der Waals surface area contributed by atoms with E-state index in [1.54, 1.807) is 21.0 Å². The van der Waals surface area contributed by atoms with Crippen molar-refractivity contribution >= 4 is 11.8 Å². The molecule has 0 aliphatic heterocycles. The molecular weight excluding hydrogens is 280 g/mol. The van der Waals surface area contributed by atoms with Gasteiger partial charge in [0.1, 0.15) is 11.2 Å². The minimum atomic E-state index is -1.14. The molecule has 0 aliphatic rings. The zero-order valence-electron chi connectivity index (χ0n) is 14.2. The highest BCUT2D eigenvalue weighted by molar-refractivity contribution is 6.04. The van der Waals surface area contributed by atoms with Crippen LogP contribution in [0.2, 0.25) is 0 Å². The van der Waals surface area contributed by atoms with Crippen LogP contribution < -0.4 is 15.4 Å². The largest absolute Gasteiger partial charge is 0.496 e. The molecule has 1 aromatic rings. The van der Waals surface area contributed by atoms with Gasteiger partial charge in [0.15, 0.2) is 0 Å². The molecule has 2 N–H and O–H groups in total. The molecule has 5 nitrogen and oxygen atoms in total. The van der Waals surface area contributed by atoms with E-state index in [-0.39, 0.29) is 17.4 Å². The number of carbonyl (C=O) groups is 2. The summed E-state index contributed by atoms with van der Waals surface area (Å²) in [5.41, 5.74) is -0.655. The van der Waals surface area contributed by atoms with E-state index in [1.807, 2.05) is 45.0 Å². The Bertz CT molecular complexity index is 545. The van der Waals surface area contributed by atoms with Gasteiger partial charge in [0.05, 0.1) is 7.11 Å². The first-order chi connectivity index (χ1) is 10.1. The molecule has 0 unspecified atom stereocenters. The fourth-order valence-electron chi connectivity index (χ4n) is 1.85. The summed E-state index contributed by atoms with van der Waals surface area (Å²) in [4.78, 5) is 24.6. The monoisotopic (exact) mass is 306 g/mol. The van der Waals surface area contributed by atoms with Crippen LogP contribution in [-0.2, 0) is 16.1 Å². The Morgan fingerprint density at radius 1 is 1.05 bits per heavy atom. The highest BCUT2D eigenvalue weighted by Gasteiger charge is 2.37. The van der Waals surface area contributed by atoms with E-state index in [9.17, 15) is 9.59 Å². The van der Waals surface area contributed by atoms with Crippen molar-refractivity contribution < 1.29 is 14.3 Å². The van der Waals surface area contributed by atoms with E-state index in [1.165, 1.54) is 0 Å². The molecule has 5 heteroatoms. The molecule has 1 rings (SSSR count). The Balaban J connectivity index is 2.73. The first-order valence-corrected chi connectivity index (χ1v) is 7.31. The quantitative estimate of drug-likeness (QED) is 0.820. The summed E-state index contributed by atoms with van der Waals surface area (Å²) in [5, 5.41) is 5.64. The van der Waals surface area contributed by atoms with E-state index in [2.05, 4.69) is 10.6 Å². The number of rotatable bonds is 5. The van der Waals surface area contributed by atoms with Crippen molar-refractivity contribution in [2.24, 2.45) is 5.41 Å². The van der Waals surface area contributed by atoms with Crippen LogP contribution in [-0.4, -0.2) is 24.5 Å². The zero-order chi connectivity index (χ0) is 17.0. The highest BCUT2D eigenvalue weighted by atomic mass is 16.5. The maximum absolute atomic E-state index is 12.4. The Morgan fingerprint density at radius 2 is 1.64 bits per heavy atom. The van der Waals surface area contributed by atoms with Crippen molar-refractivity contribution in [1.82, 2.24) is 10.6 Å². The molecule has 22 heavy (non-hydrogen) atoms. The van der Waals surface area contributed by atoms with Gasteiger partial charge >= 0.3 is 0 Å². The number of methoxy groups -OCH3 is 1. The van der Waals surface area contributed by atoms with E-state index in [4.69, 9.17) is 4.74 Å². The van der Waals surface area contributed by atoms with Gasteiger partial charge in [-0.3, -0.25) is 9.59 Å². The highest BCUT2D eigenvalue weighted by Crippen LogP contribution is 2.20. The van der Waals surface area contributed by atoms with Crippen molar-refractivity contribution in [2.45, 2.75) is 46.7 Å². The minimum absolute atomic E-state index is 0.294. The van der Waals surface area contributed by atoms with Crippen LogP contribution in [0.15, 0.2) is 24.3 Å². The van der Waals surface area contributed by atoms with Crippen LogP contribution in [0.3, 0.4) is 0 Å². The van der Waals surface area contributed by atoms with Gasteiger partial charge < -0.3 is 15.4 Å². The number of hydrogen-bond donors (Lipinski definition) is 2. The van der Waals surface area contributed by atoms with Crippen molar-refractivity contribution in [3.8, 4) is 5.75 Å². The van der Waals surface area contributed by atoms with Crippen LogP contribution >= 0.6 is 0 Å². The fraction of sp³-hybridized carbons (Fsp3) is 0.529. The van der Waals surface area contributed by atoms with Crippen LogP contribution in [0, 0.1) is 5.41 Å². The number of benzene rings is 1. The predicted octanol–water partition coefficient (Wildman–Crippen LogP) is 2.25. The van der Waals surface area contributed by atoms with E-state index in [0.717, 1.165) is 5.56 Å². The molecule has 0 fully saturated rings. The van der Waals surface area contributed by atoms with Gasteiger partial charge in [-0.2, -0.15) is 0 Å². The van der Waals surface area contributed by atoms with Crippen molar-refractivity contribution in [2.75, 3.05) is 7.11 Å². The van der Waals surface area contributed by atoms with Gasteiger partial charge in [-0.25, -0.2) is 0 Å². The van der Waals surface area contributed by atoms with Crippen LogP contribution in [0.4, 0.5) is 0 Å². The Kier molecular flexibility index (Phi) is 5.58. The molecule has 0 bridgehead atoms. The molecule has 0 aromatic heterocycles. The second kappa shape index (κ2) is 6.81. The summed E-state index contributed by atoms with van der Waals surface area (Å²) in [5.74, 6) is 0.0948. The average molecular weight is 306 g/mol. The predicted molar refractivity (Wildman–Crippen MR) is 86.5 cm³/mol. The third-order valence-electron chi connectivity index (χ3n) is 3.26. The summed E-state index contributed by atoms with van der Waals surface area (Å²) in [6.45, 7) is 9.20. The second-order valence-corrected chi connectivity index (χ2v) is 6.82.